The summed E-state index contributed by atoms with van der Waals surface area (Å²) in [4.78, 5) is 23.9. The lowest BCUT2D eigenvalue weighted by atomic mass is 10.0. The first-order chi connectivity index (χ1) is 12.4. The van der Waals surface area contributed by atoms with Gasteiger partial charge in [-0.05, 0) is 42.3 Å². The molecule has 0 aromatic heterocycles. The summed E-state index contributed by atoms with van der Waals surface area (Å²) in [5.74, 6) is -0.395. The number of nitrogens with zero attached hydrogens (tertiary/aromatic N) is 1. The van der Waals surface area contributed by atoms with Crippen molar-refractivity contribution in [3.05, 3.63) is 70.2 Å². The summed E-state index contributed by atoms with van der Waals surface area (Å²) in [6.07, 6.45) is 0.113. The minimum Gasteiger partial charge on any atom is -0.350 e. The van der Waals surface area contributed by atoms with Gasteiger partial charge in [0.1, 0.15) is 0 Å². The highest BCUT2D eigenvalue weighted by Crippen LogP contribution is 2.20. The predicted molar refractivity (Wildman–Crippen MR) is 100 cm³/mol. The summed E-state index contributed by atoms with van der Waals surface area (Å²) >= 11 is 5.90. The molecule has 134 valence electrons. The molecule has 2 aromatic rings. The van der Waals surface area contributed by atoms with Gasteiger partial charge in [-0.15, -0.1) is 0 Å². The summed E-state index contributed by atoms with van der Waals surface area (Å²) in [6.45, 7) is 3.29. The fourth-order valence-corrected chi connectivity index (χ4v) is 2.73. The smallest absolute Gasteiger partial charge is 0.222 e. The predicted octanol–water partition coefficient (Wildman–Crippen LogP) is 3.66. The van der Waals surface area contributed by atoms with E-state index in [1.165, 1.54) is 6.92 Å². The van der Waals surface area contributed by atoms with E-state index in [1.54, 1.807) is 36.4 Å². The molecule has 0 radical (unpaired) electrons. The zero-order valence-electron chi connectivity index (χ0n) is 14.6. The van der Waals surface area contributed by atoms with Gasteiger partial charge in [0.05, 0.1) is 30.1 Å². The van der Waals surface area contributed by atoms with Crippen molar-refractivity contribution in [1.82, 2.24) is 10.6 Å². The van der Waals surface area contributed by atoms with Crippen LogP contribution in [0.5, 0.6) is 0 Å². The summed E-state index contributed by atoms with van der Waals surface area (Å²) in [7, 11) is 0. The Balaban J connectivity index is 2.04. The first kappa shape index (κ1) is 19.5. The van der Waals surface area contributed by atoms with E-state index in [1.807, 2.05) is 19.1 Å². The van der Waals surface area contributed by atoms with Crippen LogP contribution in [0.25, 0.3) is 0 Å². The molecule has 2 rings (SSSR count). The maximum absolute atomic E-state index is 12.4. The van der Waals surface area contributed by atoms with Crippen LogP contribution in [-0.4, -0.2) is 11.8 Å². The molecule has 2 aromatic carbocycles. The zero-order chi connectivity index (χ0) is 19.1. The van der Waals surface area contributed by atoms with Gasteiger partial charge >= 0.3 is 0 Å². The average Bonchev–Trinajstić information content (AvgIpc) is 2.61. The Hall–Kier alpha value is -2.84. The number of hydrogen-bond acceptors (Lipinski definition) is 3. The molecule has 5 nitrogen and oxygen atoms in total. The molecule has 2 atom stereocenters. The van der Waals surface area contributed by atoms with Crippen molar-refractivity contribution in [2.45, 2.75) is 32.4 Å². The highest BCUT2D eigenvalue weighted by molar-refractivity contribution is 6.30. The van der Waals surface area contributed by atoms with Gasteiger partial charge in [0.25, 0.3) is 0 Å². The van der Waals surface area contributed by atoms with Gasteiger partial charge in [-0.1, -0.05) is 35.9 Å². The van der Waals surface area contributed by atoms with Crippen molar-refractivity contribution in [3.8, 4) is 6.07 Å². The lowest BCUT2D eigenvalue weighted by molar-refractivity contribution is -0.123. The molecule has 0 bridgehead atoms. The second-order valence-electron chi connectivity index (χ2n) is 6.03. The lowest BCUT2D eigenvalue weighted by Crippen LogP contribution is -2.33. The lowest BCUT2D eigenvalue weighted by Gasteiger charge is -2.20. The van der Waals surface area contributed by atoms with E-state index in [-0.39, 0.29) is 24.3 Å². The quantitative estimate of drug-likeness (QED) is 0.815. The number of carbonyl (C=O) groups excluding carboxylic acids is 2. The van der Waals surface area contributed by atoms with E-state index in [0.717, 1.165) is 11.1 Å². The third-order valence-electron chi connectivity index (χ3n) is 3.96. The van der Waals surface area contributed by atoms with Crippen LogP contribution in [0.15, 0.2) is 48.5 Å². The average molecular weight is 370 g/mol. The monoisotopic (exact) mass is 369 g/mol. The number of nitrogens with one attached hydrogen (secondary N) is 2. The Kier molecular flexibility index (Phi) is 6.76. The van der Waals surface area contributed by atoms with Crippen molar-refractivity contribution < 1.29 is 9.59 Å². The Labute approximate surface area is 158 Å². The Morgan fingerprint density at radius 2 is 1.62 bits per heavy atom. The molecule has 0 aliphatic heterocycles. The molecule has 6 heteroatoms. The van der Waals surface area contributed by atoms with E-state index >= 15 is 0 Å². The fourth-order valence-electron chi connectivity index (χ4n) is 2.61. The minimum atomic E-state index is -0.432. The molecule has 2 N–H and O–H groups in total. The number of rotatable bonds is 6. The van der Waals surface area contributed by atoms with Crippen LogP contribution in [0.1, 0.15) is 49.0 Å². The third-order valence-corrected chi connectivity index (χ3v) is 4.21. The van der Waals surface area contributed by atoms with E-state index in [9.17, 15) is 9.59 Å². The number of amides is 2. The fraction of sp³-hybridized carbons (Fsp3) is 0.250. The first-order valence-corrected chi connectivity index (χ1v) is 8.59. The maximum Gasteiger partial charge on any atom is 0.222 e. The van der Waals surface area contributed by atoms with Crippen molar-refractivity contribution in [3.63, 3.8) is 0 Å². The van der Waals surface area contributed by atoms with Gasteiger partial charge in [-0.3, -0.25) is 9.59 Å². The Morgan fingerprint density at radius 1 is 1.04 bits per heavy atom. The number of hydrogen-bond donors (Lipinski definition) is 2. The molecular formula is C20H20ClN3O2. The highest BCUT2D eigenvalue weighted by Gasteiger charge is 2.18. The summed E-state index contributed by atoms with van der Waals surface area (Å²) in [5.41, 5.74) is 2.28. The van der Waals surface area contributed by atoms with Gasteiger partial charge in [0, 0.05) is 11.9 Å². The molecule has 0 spiro atoms. The number of carbonyl (C=O) groups is 2. The van der Waals surface area contributed by atoms with E-state index < -0.39 is 6.04 Å². The minimum absolute atomic E-state index is 0.113. The normalized spacial score (nSPS) is 12.5. The van der Waals surface area contributed by atoms with Crippen molar-refractivity contribution in [2.75, 3.05) is 0 Å². The maximum atomic E-state index is 12.4. The second-order valence-corrected chi connectivity index (χ2v) is 6.47. The van der Waals surface area contributed by atoms with Gasteiger partial charge in [-0.2, -0.15) is 5.26 Å². The molecule has 0 heterocycles. The van der Waals surface area contributed by atoms with Crippen LogP contribution in [-0.2, 0) is 9.59 Å². The Morgan fingerprint density at radius 3 is 2.15 bits per heavy atom. The standard InChI is InChI=1S/C20H20ClN3O2/c1-13(16-5-3-15(12-22)4-6-16)23-20(26)11-19(24-14(2)25)17-7-9-18(21)10-8-17/h3-10,13,19H,11H2,1-2H3,(H,23,26)(H,24,25). The number of benzene rings is 2. The number of halogens is 1. The summed E-state index contributed by atoms with van der Waals surface area (Å²) in [5, 5.41) is 15.2. The van der Waals surface area contributed by atoms with Crippen LogP contribution >= 0.6 is 11.6 Å². The van der Waals surface area contributed by atoms with Crippen molar-refractivity contribution in [1.29, 1.82) is 5.26 Å². The molecule has 2 unspecified atom stereocenters. The van der Waals surface area contributed by atoms with Crippen LogP contribution in [0, 0.1) is 11.3 Å². The van der Waals surface area contributed by atoms with E-state index in [4.69, 9.17) is 16.9 Å². The second kappa shape index (κ2) is 9.02. The van der Waals surface area contributed by atoms with Crippen molar-refractivity contribution >= 4 is 23.4 Å². The van der Waals surface area contributed by atoms with Gasteiger partial charge in [0.2, 0.25) is 11.8 Å². The SMILES string of the molecule is CC(=O)NC(CC(=O)NC(C)c1ccc(C#N)cc1)c1ccc(Cl)cc1. The molecule has 0 saturated carbocycles. The summed E-state index contributed by atoms with van der Waals surface area (Å²) in [6, 6.07) is 15.5. The molecule has 26 heavy (non-hydrogen) atoms. The molecule has 0 fully saturated rings. The van der Waals surface area contributed by atoms with Crippen LogP contribution < -0.4 is 10.6 Å². The van der Waals surface area contributed by atoms with Crippen LogP contribution in [0.2, 0.25) is 5.02 Å². The van der Waals surface area contributed by atoms with Crippen LogP contribution in [0.4, 0.5) is 0 Å². The van der Waals surface area contributed by atoms with Crippen molar-refractivity contribution in [2.24, 2.45) is 0 Å². The topological polar surface area (TPSA) is 82.0 Å². The molecule has 0 aliphatic carbocycles. The molecule has 2 amide bonds. The van der Waals surface area contributed by atoms with Gasteiger partial charge in [-0.25, -0.2) is 0 Å². The molecular weight excluding hydrogens is 350 g/mol. The third kappa shape index (κ3) is 5.61. The van der Waals surface area contributed by atoms with Gasteiger partial charge < -0.3 is 10.6 Å². The summed E-state index contributed by atoms with van der Waals surface area (Å²) < 4.78 is 0. The van der Waals surface area contributed by atoms with Gasteiger partial charge in [0.15, 0.2) is 0 Å². The van der Waals surface area contributed by atoms with Crippen LogP contribution in [0.3, 0.4) is 0 Å². The van der Waals surface area contributed by atoms with E-state index in [2.05, 4.69) is 16.7 Å². The number of nitriles is 1. The highest BCUT2D eigenvalue weighted by atomic mass is 35.5. The zero-order valence-corrected chi connectivity index (χ0v) is 15.4. The van der Waals surface area contributed by atoms with E-state index in [0.29, 0.717) is 10.6 Å². The molecule has 0 aliphatic rings. The Bertz CT molecular complexity index is 810. The molecule has 0 saturated heterocycles. The largest absolute Gasteiger partial charge is 0.350 e. The first-order valence-electron chi connectivity index (χ1n) is 8.21.